The van der Waals surface area contributed by atoms with Gasteiger partial charge >= 0.3 is 0 Å². The first-order chi connectivity index (χ1) is 12.5. The van der Waals surface area contributed by atoms with Gasteiger partial charge < -0.3 is 10.6 Å². The van der Waals surface area contributed by atoms with Crippen molar-refractivity contribution in [3.05, 3.63) is 23.8 Å². The lowest BCUT2D eigenvalue weighted by Gasteiger charge is -2.40. The largest absolute Gasteiger partial charge is 0.325 e. The molecular weight excluding hydrogens is 362 g/mol. The molecule has 0 spiro atoms. The van der Waals surface area contributed by atoms with Crippen molar-refractivity contribution in [2.75, 3.05) is 18.9 Å². The molecule has 6 nitrogen and oxygen atoms in total. The first-order valence-electron chi connectivity index (χ1n) is 9.62. The van der Waals surface area contributed by atoms with Crippen LogP contribution in [0.2, 0.25) is 0 Å². The highest BCUT2D eigenvalue weighted by atomic mass is 32.2. The highest BCUT2D eigenvalue weighted by Crippen LogP contribution is 2.37. The number of aryl methyl sites for hydroxylation is 1. The van der Waals surface area contributed by atoms with E-state index in [9.17, 15) is 13.2 Å². The number of carbonyl (C=O) groups excluding carboxylic acids is 1. The molecule has 0 bridgehead atoms. The zero-order valence-electron chi connectivity index (χ0n) is 17.1. The second-order valence-corrected chi connectivity index (χ2v) is 10.3. The molecule has 2 unspecified atom stereocenters. The van der Waals surface area contributed by atoms with Crippen LogP contribution in [0.4, 0.5) is 5.69 Å². The lowest BCUT2D eigenvalue weighted by molar-refractivity contribution is -0.115. The standard InChI is InChI=1S/C20H33N3O3S/c1-14-10-11-15(12-18(14)27(25,26)21-5)23-19(24)13-22-17-9-7-6-8-16(17)20(2,3)4/h10-12,16-17,21-22H,6-9,13H2,1-5H3,(H,23,24). The Morgan fingerprint density at radius 1 is 1.19 bits per heavy atom. The van der Waals surface area contributed by atoms with E-state index in [1.54, 1.807) is 19.1 Å². The molecular formula is C20H33N3O3S. The molecule has 1 aromatic rings. The molecule has 0 aliphatic heterocycles. The van der Waals surface area contributed by atoms with E-state index in [1.807, 2.05) is 0 Å². The van der Waals surface area contributed by atoms with Gasteiger partial charge in [0.15, 0.2) is 0 Å². The van der Waals surface area contributed by atoms with E-state index >= 15 is 0 Å². The van der Waals surface area contributed by atoms with Gasteiger partial charge in [0.2, 0.25) is 15.9 Å². The average Bonchev–Trinajstić information content (AvgIpc) is 2.61. The summed E-state index contributed by atoms with van der Waals surface area (Å²) in [4.78, 5) is 12.6. The normalized spacial score (nSPS) is 21.1. The molecule has 152 valence electrons. The highest BCUT2D eigenvalue weighted by Gasteiger charge is 2.33. The fourth-order valence-corrected chi connectivity index (χ4v) is 4.91. The average molecular weight is 396 g/mol. The van der Waals surface area contributed by atoms with Gasteiger partial charge in [-0.1, -0.05) is 39.7 Å². The number of sulfonamides is 1. The summed E-state index contributed by atoms with van der Waals surface area (Å²) in [7, 11) is -2.18. The van der Waals surface area contributed by atoms with E-state index in [0.29, 0.717) is 23.2 Å². The van der Waals surface area contributed by atoms with E-state index in [-0.39, 0.29) is 22.8 Å². The summed E-state index contributed by atoms with van der Waals surface area (Å²) >= 11 is 0. The molecule has 0 radical (unpaired) electrons. The van der Waals surface area contributed by atoms with Crippen molar-refractivity contribution in [3.63, 3.8) is 0 Å². The zero-order chi connectivity index (χ0) is 20.2. The Kier molecular flexibility index (Phi) is 7.05. The van der Waals surface area contributed by atoms with Crippen LogP contribution in [0.25, 0.3) is 0 Å². The number of nitrogens with one attached hydrogen (secondary N) is 3. The van der Waals surface area contributed by atoms with Crippen LogP contribution in [0.5, 0.6) is 0 Å². The van der Waals surface area contributed by atoms with Crippen molar-refractivity contribution in [3.8, 4) is 0 Å². The van der Waals surface area contributed by atoms with E-state index in [1.165, 1.54) is 32.4 Å². The lowest BCUT2D eigenvalue weighted by Crippen LogP contribution is -2.46. The summed E-state index contributed by atoms with van der Waals surface area (Å²) in [6.07, 6.45) is 4.71. The molecule has 2 rings (SSSR count). The van der Waals surface area contributed by atoms with Gasteiger partial charge in [-0.25, -0.2) is 13.1 Å². The third-order valence-corrected chi connectivity index (χ3v) is 6.99. The van der Waals surface area contributed by atoms with Gasteiger partial charge in [-0.05, 0) is 55.8 Å². The number of hydrogen-bond acceptors (Lipinski definition) is 4. The smallest absolute Gasteiger partial charge is 0.240 e. The molecule has 27 heavy (non-hydrogen) atoms. The lowest BCUT2D eigenvalue weighted by atomic mass is 9.69. The van der Waals surface area contributed by atoms with Crippen LogP contribution in [0.15, 0.2) is 23.1 Å². The Hall–Kier alpha value is -1.44. The molecule has 1 aromatic carbocycles. The molecule has 2 atom stereocenters. The summed E-state index contributed by atoms with van der Waals surface area (Å²) in [5, 5.41) is 6.23. The summed E-state index contributed by atoms with van der Waals surface area (Å²) < 4.78 is 26.5. The van der Waals surface area contributed by atoms with Crippen LogP contribution < -0.4 is 15.4 Å². The SMILES string of the molecule is CNS(=O)(=O)c1cc(NC(=O)CNC2CCCCC2C(C)(C)C)ccc1C. The highest BCUT2D eigenvalue weighted by molar-refractivity contribution is 7.89. The van der Waals surface area contributed by atoms with Gasteiger partial charge in [0.05, 0.1) is 11.4 Å². The number of anilines is 1. The maximum atomic E-state index is 12.4. The molecule has 0 saturated heterocycles. The second kappa shape index (κ2) is 8.71. The Morgan fingerprint density at radius 3 is 2.48 bits per heavy atom. The van der Waals surface area contributed by atoms with Crippen molar-refractivity contribution in [2.24, 2.45) is 11.3 Å². The van der Waals surface area contributed by atoms with Gasteiger partial charge in [-0.2, -0.15) is 0 Å². The van der Waals surface area contributed by atoms with Gasteiger partial charge in [0, 0.05) is 11.7 Å². The molecule has 0 aromatic heterocycles. The maximum absolute atomic E-state index is 12.4. The van der Waals surface area contributed by atoms with E-state index < -0.39 is 10.0 Å². The van der Waals surface area contributed by atoms with Crippen molar-refractivity contribution in [2.45, 2.75) is 64.3 Å². The van der Waals surface area contributed by atoms with Gasteiger partial charge in [-0.3, -0.25) is 4.79 Å². The van der Waals surface area contributed by atoms with Crippen molar-refractivity contribution in [1.82, 2.24) is 10.0 Å². The Labute approximate surface area is 163 Å². The summed E-state index contributed by atoms with van der Waals surface area (Å²) in [5.74, 6) is 0.385. The summed E-state index contributed by atoms with van der Waals surface area (Å²) in [6.45, 7) is 8.72. The monoisotopic (exact) mass is 395 g/mol. The number of benzene rings is 1. The van der Waals surface area contributed by atoms with Crippen LogP contribution in [-0.2, 0) is 14.8 Å². The molecule has 1 saturated carbocycles. The van der Waals surface area contributed by atoms with Gasteiger partial charge in [0.25, 0.3) is 0 Å². The molecule has 3 N–H and O–H groups in total. The van der Waals surface area contributed by atoms with Gasteiger partial charge in [-0.15, -0.1) is 0 Å². The van der Waals surface area contributed by atoms with Gasteiger partial charge in [0.1, 0.15) is 0 Å². The molecule has 0 heterocycles. The number of rotatable bonds is 6. The van der Waals surface area contributed by atoms with Crippen molar-refractivity contribution >= 4 is 21.6 Å². The quantitative estimate of drug-likeness (QED) is 0.691. The molecule has 1 amide bonds. The molecule has 1 fully saturated rings. The Bertz CT molecular complexity index is 769. The minimum absolute atomic E-state index is 0.162. The van der Waals surface area contributed by atoms with Crippen LogP contribution in [-0.4, -0.2) is 34.0 Å². The third-order valence-electron chi connectivity index (χ3n) is 5.43. The Morgan fingerprint density at radius 2 is 1.85 bits per heavy atom. The minimum atomic E-state index is -3.56. The predicted molar refractivity (Wildman–Crippen MR) is 109 cm³/mol. The fourth-order valence-electron chi connectivity index (χ4n) is 3.92. The Balaban J connectivity index is 2.01. The molecule has 7 heteroatoms. The maximum Gasteiger partial charge on any atom is 0.240 e. The number of amides is 1. The van der Waals surface area contributed by atoms with E-state index in [4.69, 9.17) is 0 Å². The van der Waals surface area contributed by atoms with E-state index in [0.717, 1.165) is 6.42 Å². The third kappa shape index (κ3) is 5.77. The number of carbonyl (C=O) groups is 1. The van der Waals surface area contributed by atoms with Crippen LogP contribution in [0, 0.1) is 18.3 Å². The second-order valence-electron chi connectivity index (χ2n) is 8.48. The topological polar surface area (TPSA) is 87.3 Å². The van der Waals surface area contributed by atoms with Crippen LogP contribution in [0.1, 0.15) is 52.0 Å². The first-order valence-corrected chi connectivity index (χ1v) is 11.1. The summed E-state index contributed by atoms with van der Waals surface area (Å²) in [5.41, 5.74) is 1.33. The first kappa shape index (κ1) is 21.9. The molecule has 1 aliphatic rings. The molecule has 1 aliphatic carbocycles. The minimum Gasteiger partial charge on any atom is -0.325 e. The van der Waals surface area contributed by atoms with Crippen LogP contribution in [0.3, 0.4) is 0 Å². The number of hydrogen-bond donors (Lipinski definition) is 3. The van der Waals surface area contributed by atoms with Crippen molar-refractivity contribution in [1.29, 1.82) is 0 Å². The van der Waals surface area contributed by atoms with Crippen LogP contribution >= 0.6 is 0 Å². The predicted octanol–water partition coefficient (Wildman–Crippen LogP) is 3.04. The fraction of sp³-hybridized carbons (Fsp3) is 0.650. The van der Waals surface area contributed by atoms with E-state index in [2.05, 4.69) is 36.1 Å². The zero-order valence-corrected chi connectivity index (χ0v) is 17.9. The summed E-state index contributed by atoms with van der Waals surface area (Å²) in [6, 6.07) is 5.25. The van der Waals surface area contributed by atoms with Crippen molar-refractivity contribution < 1.29 is 13.2 Å².